The number of thiocarbonyl (C=S) groups is 1. The highest BCUT2D eigenvalue weighted by Crippen LogP contribution is 2.34. The first kappa shape index (κ1) is 24.9. The Morgan fingerprint density at radius 1 is 1.13 bits per heavy atom. The Morgan fingerprint density at radius 3 is 2.39 bits per heavy atom. The molecule has 1 fully saturated rings. The van der Waals surface area contributed by atoms with Crippen LogP contribution in [0, 0.1) is 0 Å². The van der Waals surface area contributed by atoms with Gasteiger partial charge in [0.15, 0.2) is 0 Å². The second-order valence-corrected chi connectivity index (χ2v) is 8.86. The third-order valence-corrected chi connectivity index (χ3v) is 6.06. The van der Waals surface area contributed by atoms with E-state index in [0.717, 1.165) is 40.8 Å². The Morgan fingerprint density at radius 2 is 1.77 bits per heavy atom. The van der Waals surface area contributed by atoms with Crippen LogP contribution in [0.1, 0.15) is 57.4 Å². The highest BCUT2D eigenvalue weighted by atomic mass is 32.2. The van der Waals surface area contributed by atoms with Gasteiger partial charge in [0.2, 0.25) is 0 Å². The van der Waals surface area contributed by atoms with Gasteiger partial charge in [0.1, 0.15) is 16.1 Å². The standard InChI is InChI=1S/C22H27NO6S2/c1-2-3-4-5-6-7-12-29-16-10-8-15(9-11-16)13-18-20(26)23(22(30)31-18)17(21(27)28)14-19(24)25/h8-11,13,17H,2-7,12,14H2,1H3,(H,24,25)(H,27,28)/b18-13+/t17-/m1/s1. The number of nitrogens with zero attached hydrogens (tertiary/aromatic N) is 1. The molecule has 1 heterocycles. The van der Waals surface area contributed by atoms with Gasteiger partial charge < -0.3 is 14.9 Å². The third-order valence-electron chi connectivity index (χ3n) is 4.73. The Kier molecular flexibility index (Phi) is 10.00. The number of benzene rings is 1. The fourth-order valence-electron chi connectivity index (χ4n) is 3.09. The summed E-state index contributed by atoms with van der Waals surface area (Å²) in [6.07, 6.45) is 8.04. The lowest BCUT2D eigenvalue weighted by atomic mass is 10.1. The molecule has 0 unspecified atom stereocenters. The van der Waals surface area contributed by atoms with Crippen molar-refractivity contribution in [3.8, 4) is 5.75 Å². The topological polar surface area (TPSA) is 104 Å². The van der Waals surface area contributed by atoms with Crippen molar-refractivity contribution in [2.45, 2.75) is 57.9 Å². The Hall–Kier alpha value is -2.39. The zero-order valence-electron chi connectivity index (χ0n) is 17.4. The van der Waals surface area contributed by atoms with Gasteiger partial charge in [-0.15, -0.1) is 0 Å². The van der Waals surface area contributed by atoms with Crippen LogP contribution in [0.2, 0.25) is 0 Å². The number of unbranched alkanes of at least 4 members (excludes halogenated alkanes) is 5. The highest BCUT2D eigenvalue weighted by Gasteiger charge is 2.41. The van der Waals surface area contributed by atoms with Crippen LogP contribution in [0.5, 0.6) is 5.75 Å². The van der Waals surface area contributed by atoms with E-state index in [1.54, 1.807) is 18.2 Å². The molecule has 7 nitrogen and oxygen atoms in total. The quantitative estimate of drug-likeness (QED) is 0.248. The average molecular weight is 466 g/mol. The van der Waals surface area contributed by atoms with Gasteiger partial charge >= 0.3 is 11.9 Å². The minimum Gasteiger partial charge on any atom is -0.494 e. The number of thioether (sulfide) groups is 1. The van der Waals surface area contributed by atoms with Crippen LogP contribution in [0.15, 0.2) is 29.2 Å². The van der Waals surface area contributed by atoms with Gasteiger partial charge in [0.05, 0.1) is 17.9 Å². The van der Waals surface area contributed by atoms with Crippen LogP contribution in [0.3, 0.4) is 0 Å². The first-order chi connectivity index (χ1) is 14.8. The first-order valence-corrected chi connectivity index (χ1v) is 11.5. The van der Waals surface area contributed by atoms with Gasteiger partial charge in [-0.2, -0.15) is 0 Å². The molecule has 1 aromatic carbocycles. The van der Waals surface area contributed by atoms with E-state index in [-0.39, 0.29) is 9.23 Å². The second kappa shape index (κ2) is 12.5. The molecule has 0 bridgehead atoms. The molecule has 1 aromatic rings. The molecule has 1 saturated heterocycles. The van der Waals surface area contributed by atoms with E-state index in [1.807, 2.05) is 12.1 Å². The van der Waals surface area contributed by atoms with Gasteiger partial charge in [0, 0.05) is 0 Å². The van der Waals surface area contributed by atoms with E-state index in [0.29, 0.717) is 6.61 Å². The number of carboxylic acid groups (broad SMARTS) is 2. The number of rotatable bonds is 13. The number of carbonyl (C=O) groups is 3. The smallest absolute Gasteiger partial charge is 0.327 e. The summed E-state index contributed by atoms with van der Waals surface area (Å²) in [6.45, 7) is 2.85. The molecule has 168 valence electrons. The normalized spacial score (nSPS) is 16.0. The predicted octanol–water partition coefficient (Wildman–Crippen LogP) is 4.56. The molecule has 0 aromatic heterocycles. The van der Waals surface area contributed by atoms with Crippen molar-refractivity contribution in [3.05, 3.63) is 34.7 Å². The summed E-state index contributed by atoms with van der Waals surface area (Å²) >= 11 is 6.08. The van der Waals surface area contributed by atoms with Crippen LogP contribution in [-0.4, -0.2) is 49.9 Å². The maximum atomic E-state index is 12.7. The molecular formula is C22H27NO6S2. The molecule has 2 rings (SSSR count). The molecule has 1 amide bonds. The lowest BCUT2D eigenvalue weighted by molar-refractivity contribution is -0.150. The average Bonchev–Trinajstić information content (AvgIpc) is 2.99. The van der Waals surface area contributed by atoms with E-state index in [1.165, 1.54) is 25.7 Å². The van der Waals surface area contributed by atoms with Crippen LogP contribution in [0.25, 0.3) is 6.08 Å². The summed E-state index contributed by atoms with van der Waals surface area (Å²) < 4.78 is 5.78. The number of amides is 1. The molecule has 31 heavy (non-hydrogen) atoms. The number of carboxylic acids is 2. The lowest BCUT2D eigenvalue weighted by Gasteiger charge is -2.21. The van der Waals surface area contributed by atoms with Crippen molar-refractivity contribution in [3.63, 3.8) is 0 Å². The first-order valence-electron chi connectivity index (χ1n) is 10.3. The van der Waals surface area contributed by atoms with E-state index < -0.39 is 30.3 Å². The van der Waals surface area contributed by atoms with Crippen LogP contribution < -0.4 is 4.74 Å². The second-order valence-electron chi connectivity index (χ2n) is 7.19. The monoisotopic (exact) mass is 465 g/mol. The SMILES string of the molecule is CCCCCCCCOc1ccc(/C=C2/SC(=S)N([C@H](CC(=O)O)C(=O)O)C2=O)cc1. The maximum Gasteiger partial charge on any atom is 0.327 e. The van der Waals surface area contributed by atoms with Crippen molar-refractivity contribution in [1.82, 2.24) is 4.90 Å². The highest BCUT2D eigenvalue weighted by molar-refractivity contribution is 8.26. The fraction of sp³-hybridized carbons (Fsp3) is 0.455. The summed E-state index contributed by atoms with van der Waals surface area (Å²) in [5.74, 6) is -2.59. The molecule has 1 aliphatic heterocycles. The number of hydrogen-bond donors (Lipinski definition) is 2. The number of hydrogen-bond acceptors (Lipinski definition) is 6. The summed E-state index contributed by atoms with van der Waals surface area (Å²) in [7, 11) is 0. The van der Waals surface area contributed by atoms with Gasteiger partial charge in [0.25, 0.3) is 5.91 Å². The molecule has 1 atom stereocenters. The zero-order valence-corrected chi connectivity index (χ0v) is 19.0. The molecule has 2 N–H and O–H groups in total. The van der Waals surface area contributed by atoms with Gasteiger partial charge in [-0.3, -0.25) is 14.5 Å². The van der Waals surface area contributed by atoms with Crippen LogP contribution in [-0.2, 0) is 14.4 Å². The minimum atomic E-state index is -1.53. The maximum absolute atomic E-state index is 12.7. The van der Waals surface area contributed by atoms with Crippen molar-refractivity contribution < 1.29 is 29.3 Å². The molecule has 0 saturated carbocycles. The molecule has 0 spiro atoms. The minimum absolute atomic E-state index is 0.0313. The lowest BCUT2D eigenvalue weighted by Crippen LogP contribution is -2.45. The van der Waals surface area contributed by atoms with Crippen molar-refractivity contribution in [1.29, 1.82) is 0 Å². The van der Waals surface area contributed by atoms with E-state index in [4.69, 9.17) is 22.1 Å². The molecule has 0 aliphatic carbocycles. The van der Waals surface area contributed by atoms with E-state index in [2.05, 4.69) is 6.92 Å². The van der Waals surface area contributed by atoms with Crippen molar-refractivity contribution in [2.75, 3.05) is 6.61 Å². The van der Waals surface area contributed by atoms with E-state index in [9.17, 15) is 19.5 Å². The fourth-order valence-corrected chi connectivity index (χ4v) is 4.44. The Bertz CT molecular complexity index is 837. The predicted molar refractivity (Wildman–Crippen MR) is 124 cm³/mol. The van der Waals surface area contributed by atoms with Crippen LogP contribution >= 0.6 is 24.0 Å². The van der Waals surface area contributed by atoms with Gasteiger partial charge in [-0.25, -0.2) is 4.79 Å². The largest absolute Gasteiger partial charge is 0.494 e. The molecule has 9 heteroatoms. The molecular weight excluding hydrogens is 438 g/mol. The summed E-state index contributed by atoms with van der Waals surface area (Å²) in [6, 6.07) is 5.69. The third kappa shape index (κ3) is 7.66. The molecule has 0 radical (unpaired) electrons. The Labute approximate surface area is 191 Å². The van der Waals surface area contributed by atoms with Gasteiger partial charge in [-0.1, -0.05) is 75.1 Å². The number of aliphatic carboxylic acids is 2. The Balaban J connectivity index is 1.94. The van der Waals surface area contributed by atoms with Gasteiger partial charge in [-0.05, 0) is 30.2 Å². The molecule has 1 aliphatic rings. The van der Waals surface area contributed by atoms with Crippen molar-refractivity contribution in [2.24, 2.45) is 0 Å². The number of ether oxygens (including phenoxy) is 1. The number of carbonyl (C=O) groups excluding carboxylic acids is 1. The summed E-state index contributed by atoms with van der Waals surface area (Å²) in [4.78, 5) is 36.2. The summed E-state index contributed by atoms with van der Waals surface area (Å²) in [5.41, 5.74) is 0.734. The van der Waals surface area contributed by atoms with Crippen molar-refractivity contribution >= 4 is 52.2 Å². The van der Waals surface area contributed by atoms with E-state index >= 15 is 0 Å². The van der Waals surface area contributed by atoms with Crippen LogP contribution in [0.4, 0.5) is 0 Å². The summed E-state index contributed by atoms with van der Waals surface area (Å²) in [5, 5.41) is 18.2. The zero-order chi connectivity index (χ0) is 22.8.